The molecule has 0 unspecified atom stereocenters. The van der Waals surface area contributed by atoms with Crippen molar-refractivity contribution < 1.29 is 19.1 Å². The third-order valence-corrected chi connectivity index (χ3v) is 7.69. The van der Waals surface area contributed by atoms with E-state index < -0.39 is 6.09 Å². The van der Waals surface area contributed by atoms with Crippen molar-refractivity contribution in [3.05, 3.63) is 102 Å². The van der Waals surface area contributed by atoms with Crippen molar-refractivity contribution in [1.29, 1.82) is 0 Å². The zero-order valence-electron chi connectivity index (χ0n) is 24.1. The van der Waals surface area contributed by atoms with Crippen LogP contribution in [0.5, 0.6) is 5.75 Å². The van der Waals surface area contributed by atoms with Crippen molar-refractivity contribution in [3.63, 3.8) is 0 Å². The maximum atomic E-state index is 13.2. The standard InChI is InChI=1S/C33H40N4O4/c1-4-41-32(39)36-31(37(2)23-25-13-7-5-8-14-25)35-27-19-21-33(22-20-27,26-15-9-6-10-16-26)24-34-30(38)28-17-11-12-18-29(28)40-3/h5-18,27H,4,19-24H2,1-3H3,(H,34,38)(H,35,36,39). The minimum absolute atomic E-state index is 0.114. The van der Waals surface area contributed by atoms with Gasteiger partial charge in [-0.1, -0.05) is 72.8 Å². The predicted molar refractivity (Wildman–Crippen MR) is 161 cm³/mol. The molecule has 41 heavy (non-hydrogen) atoms. The third kappa shape index (κ3) is 7.87. The number of nitrogens with zero attached hydrogens (tertiary/aromatic N) is 2. The van der Waals surface area contributed by atoms with Crippen LogP contribution in [0.25, 0.3) is 0 Å². The highest BCUT2D eigenvalue weighted by Crippen LogP contribution is 2.39. The van der Waals surface area contributed by atoms with E-state index in [1.165, 1.54) is 5.56 Å². The van der Waals surface area contributed by atoms with Crippen molar-refractivity contribution in [2.45, 2.75) is 50.6 Å². The number of hydrogen-bond acceptors (Lipinski definition) is 4. The first-order valence-corrected chi connectivity index (χ1v) is 14.2. The molecule has 8 nitrogen and oxygen atoms in total. The van der Waals surface area contributed by atoms with Gasteiger partial charge >= 0.3 is 6.09 Å². The highest BCUT2D eigenvalue weighted by atomic mass is 16.5. The van der Waals surface area contributed by atoms with E-state index >= 15 is 0 Å². The molecule has 2 N–H and O–H groups in total. The van der Waals surface area contributed by atoms with Crippen LogP contribution in [0.4, 0.5) is 4.79 Å². The fraction of sp³-hybridized carbons (Fsp3) is 0.364. The molecule has 0 heterocycles. The molecule has 0 spiro atoms. The Morgan fingerprint density at radius 3 is 2.24 bits per heavy atom. The lowest BCUT2D eigenvalue weighted by Gasteiger charge is -2.42. The number of para-hydroxylation sites is 1. The second-order valence-electron chi connectivity index (χ2n) is 10.4. The SMILES string of the molecule is CCOC(=O)N=C(NC1CCC(CNC(=O)c2ccccc2OC)(c2ccccc2)CC1)N(C)Cc1ccccc1. The number of guanidine groups is 1. The molecule has 3 aromatic rings. The summed E-state index contributed by atoms with van der Waals surface area (Å²) in [6.45, 7) is 3.15. The number of carbonyl (C=O) groups is 2. The highest BCUT2D eigenvalue weighted by Gasteiger charge is 2.38. The van der Waals surface area contributed by atoms with E-state index in [9.17, 15) is 9.59 Å². The van der Waals surface area contributed by atoms with Gasteiger partial charge in [0.15, 0.2) is 0 Å². The second kappa shape index (κ2) is 14.3. The lowest BCUT2D eigenvalue weighted by atomic mass is 9.68. The Hall–Kier alpha value is -4.33. The van der Waals surface area contributed by atoms with Crippen LogP contribution >= 0.6 is 0 Å². The molecule has 0 saturated heterocycles. The number of rotatable bonds is 9. The van der Waals surface area contributed by atoms with Gasteiger partial charge in [-0.3, -0.25) is 4.79 Å². The summed E-state index contributed by atoms with van der Waals surface area (Å²) < 4.78 is 10.5. The van der Waals surface area contributed by atoms with Gasteiger partial charge in [0.1, 0.15) is 5.75 Å². The topological polar surface area (TPSA) is 92.3 Å². The van der Waals surface area contributed by atoms with Crippen LogP contribution in [-0.2, 0) is 16.7 Å². The fourth-order valence-corrected chi connectivity index (χ4v) is 5.44. The third-order valence-electron chi connectivity index (χ3n) is 7.69. The van der Waals surface area contributed by atoms with Gasteiger partial charge in [0.05, 0.1) is 19.3 Å². The molecule has 216 valence electrons. The zero-order chi connectivity index (χ0) is 29.1. The summed E-state index contributed by atoms with van der Waals surface area (Å²) in [5, 5.41) is 6.72. The monoisotopic (exact) mass is 556 g/mol. The van der Waals surface area contributed by atoms with Crippen molar-refractivity contribution in [2.24, 2.45) is 4.99 Å². The van der Waals surface area contributed by atoms with Crippen molar-refractivity contribution in [2.75, 3.05) is 27.3 Å². The van der Waals surface area contributed by atoms with E-state index in [-0.39, 0.29) is 24.0 Å². The maximum absolute atomic E-state index is 13.2. The molecule has 3 aromatic carbocycles. The molecule has 1 fully saturated rings. The molecular formula is C33H40N4O4. The minimum atomic E-state index is -0.608. The number of hydrogen-bond donors (Lipinski definition) is 2. The van der Waals surface area contributed by atoms with E-state index in [0.717, 1.165) is 31.2 Å². The summed E-state index contributed by atoms with van der Waals surface area (Å²) >= 11 is 0. The van der Waals surface area contributed by atoms with E-state index in [1.807, 2.05) is 72.6 Å². The van der Waals surface area contributed by atoms with Crippen molar-refractivity contribution in [1.82, 2.24) is 15.5 Å². The van der Waals surface area contributed by atoms with E-state index in [2.05, 4.69) is 27.8 Å². The fourth-order valence-electron chi connectivity index (χ4n) is 5.44. The van der Waals surface area contributed by atoms with Gasteiger partial charge in [0.2, 0.25) is 5.96 Å². The van der Waals surface area contributed by atoms with Crippen LogP contribution in [0, 0.1) is 0 Å². The van der Waals surface area contributed by atoms with Gasteiger partial charge in [-0.15, -0.1) is 4.99 Å². The molecule has 4 rings (SSSR count). The van der Waals surface area contributed by atoms with Crippen LogP contribution in [0.1, 0.15) is 54.1 Å². The zero-order valence-corrected chi connectivity index (χ0v) is 24.1. The average molecular weight is 557 g/mol. The van der Waals surface area contributed by atoms with E-state index in [1.54, 1.807) is 26.2 Å². The Morgan fingerprint density at radius 1 is 0.951 bits per heavy atom. The van der Waals surface area contributed by atoms with Crippen LogP contribution in [0.3, 0.4) is 0 Å². The molecular weight excluding hydrogens is 516 g/mol. The summed E-state index contributed by atoms with van der Waals surface area (Å²) in [4.78, 5) is 31.7. The number of carbonyl (C=O) groups excluding carboxylic acids is 2. The lowest BCUT2D eigenvalue weighted by Crippen LogP contribution is -2.50. The summed E-state index contributed by atoms with van der Waals surface area (Å²) in [5.41, 5.74) is 2.63. The minimum Gasteiger partial charge on any atom is -0.496 e. The molecule has 1 saturated carbocycles. The number of amides is 2. The molecule has 2 amide bonds. The Balaban J connectivity index is 1.48. The van der Waals surface area contributed by atoms with Gasteiger partial charge < -0.3 is 25.0 Å². The summed E-state index contributed by atoms with van der Waals surface area (Å²) in [6.07, 6.45) is 2.80. The van der Waals surface area contributed by atoms with Gasteiger partial charge in [0.25, 0.3) is 5.91 Å². The van der Waals surface area contributed by atoms with Crippen molar-refractivity contribution in [3.8, 4) is 5.75 Å². The smallest absolute Gasteiger partial charge is 0.436 e. The normalized spacial score (nSPS) is 18.7. The molecule has 0 radical (unpaired) electrons. The average Bonchev–Trinajstić information content (AvgIpc) is 3.01. The highest BCUT2D eigenvalue weighted by molar-refractivity contribution is 5.97. The van der Waals surface area contributed by atoms with E-state index in [4.69, 9.17) is 9.47 Å². The van der Waals surface area contributed by atoms with Crippen LogP contribution in [0.2, 0.25) is 0 Å². The number of ether oxygens (including phenoxy) is 2. The van der Waals surface area contributed by atoms with Gasteiger partial charge in [-0.25, -0.2) is 4.79 Å². The number of nitrogens with one attached hydrogen (secondary N) is 2. The van der Waals surface area contributed by atoms with Gasteiger partial charge in [-0.2, -0.15) is 0 Å². The number of aliphatic imine (C=N–C) groups is 1. The first-order valence-electron chi connectivity index (χ1n) is 14.2. The quantitative estimate of drug-likeness (QED) is 0.266. The lowest BCUT2D eigenvalue weighted by molar-refractivity contribution is 0.0932. The summed E-state index contributed by atoms with van der Waals surface area (Å²) in [7, 11) is 3.49. The second-order valence-corrected chi connectivity index (χ2v) is 10.4. The summed E-state index contributed by atoms with van der Waals surface area (Å²) in [6, 6.07) is 27.8. The van der Waals surface area contributed by atoms with Crippen molar-refractivity contribution >= 4 is 18.0 Å². The van der Waals surface area contributed by atoms with Crippen LogP contribution in [-0.4, -0.2) is 56.2 Å². The molecule has 1 aliphatic carbocycles. The number of benzene rings is 3. The van der Waals surface area contributed by atoms with E-state index in [0.29, 0.717) is 30.4 Å². The van der Waals surface area contributed by atoms with Crippen LogP contribution in [0.15, 0.2) is 89.9 Å². The molecule has 0 aliphatic heterocycles. The Labute approximate surface area is 242 Å². The summed E-state index contributed by atoms with van der Waals surface area (Å²) in [5.74, 6) is 0.901. The largest absolute Gasteiger partial charge is 0.496 e. The Morgan fingerprint density at radius 2 is 1.59 bits per heavy atom. The number of methoxy groups -OCH3 is 1. The molecule has 0 bridgehead atoms. The van der Waals surface area contributed by atoms with Gasteiger partial charge in [0, 0.05) is 31.6 Å². The predicted octanol–water partition coefficient (Wildman–Crippen LogP) is 5.54. The first-order chi connectivity index (χ1) is 19.9. The first kappa shape index (κ1) is 29.6. The van der Waals surface area contributed by atoms with Crippen LogP contribution < -0.4 is 15.4 Å². The maximum Gasteiger partial charge on any atom is 0.436 e. The molecule has 0 atom stereocenters. The molecule has 1 aliphatic rings. The Kier molecular flexibility index (Phi) is 10.4. The van der Waals surface area contributed by atoms with Gasteiger partial charge in [-0.05, 0) is 55.9 Å². The molecule has 0 aromatic heterocycles. The Bertz CT molecular complexity index is 1310. The molecule has 8 heteroatoms.